The standard InChI is InChI=1S/C14H25NO3/c1-6-12(16)15(5)11-9-7-8-10-13(17)18-14(2,3)4/h6H,1,7-11H2,2-5H3. The summed E-state index contributed by atoms with van der Waals surface area (Å²) in [6, 6.07) is 0. The van der Waals surface area contributed by atoms with E-state index < -0.39 is 5.60 Å². The van der Waals surface area contributed by atoms with Gasteiger partial charge in [-0.25, -0.2) is 0 Å². The fraction of sp³-hybridized carbons (Fsp3) is 0.714. The first kappa shape index (κ1) is 16.7. The molecule has 0 saturated heterocycles. The zero-order valence-corrected chi connectivity index (χ0v) is 12.0. The Morgan fingerprint density at radius 3 is 2.33 bits per heavy atom. The Morgan fingerprint density at radius 2 is 1.83 bits per heavy atom. The summed E-state index contributed by atoms with van der Waals surface area (Å²) in [4.78, 5) is 24.2. The Kier molecular flexibility index (Phi) is 7.32. The molecule has 4 heteroatoms. The molecule has 0 aromatic rings. The van der Waals surface area contributed by atoms with Crippen LogP contribution in [0, 0.1) is 0 Å². The minimum Gasteiger partial charge on any atom is -0.460 e. The van der Waals surface area contributed by atoms with E-state index in [4.69, 9.17) is 4.74 Å². The van der Waals surface area contributed by atoms with Crippen molar-refractivity contribution in [2.75, 3.05) is 13.6 Å². The predicted molar refractivity (Wildman–Crippen MR) is 72.1 cm³/mol. The van der Waals surface area contributed by atoms with Gasteiger partial charge in [0.2, 0.25) is 5.91 Å². The normalized spacial score (nSPS) is 10.9. The van der Waals surface area contributed by atoms with Gasteiger partial charge in [-0.2, -0.15) is 0 Å². The fourth-order valence-corrected chi connectivity index (χ4v) is 1.45. The molecule has 0 atom stereocenters. The average Bonchev–Trinajstić information content (AvgIpc) is 2.24. The first-order valence-corrected chi connectivity index (χ1v) is 6.35. The molecule has 0 saturated carbocycles. The number of esters is 1. The molecule has 18 heavy (non-hydrogen) atoms. The van der Waals surface area contributed by atoms with Crippen LogP contribution in [0.1, 0.15) is 46.5 Å². The Bertz CT molecular complexity index is 292. The minimum absolute atomic E-state index is 0.0675. The van der Waals surface area contributed by atoms with Gasteiger partial charge in [0, 0.05) is 20.0 Å². The Balaban J connectivity index is 3.60. The molecule has 0 bridgehead atoms. The molecule has 0 aliphatic carbocycles. The summed E-state index contributed by atoms with van der Waals surface area (Å²) in [5.74, 6) is -0.222. The molecular formula is C14H25NO3. The maximum absolute atomic E-state index is 11.4. The van der Waals surface area contributed by atoms with E-state index in [1.165, 1.54) is 6.08 Å². The molecular weight excluding hydrogens is 230 g/mol. The minimum atomic E-state index is -0.409. The maximum Gasteiger partial charge on any atom is 0.306 e. The van der Waals surface area contributed by atoms with E-state index in [1.54, 1.807) is 11.9 Å². The lowest BCUT2D eigenvalue weighted by Crippen LogP contribution is -2.25. The van der Waals surface area contributed by atoms with Gasteiger partial charge < -0.3 is 9.64 Å². The van der Waals surface area contributed by atoms with Crippen molar-refractivity contribution in [1.82, 2.24) is 4.90 Å². The lowest BCUT2D eigenvalue weighted by Gasteiger charge is -2.19. The topological polar surface area (TPSA) is 46.6 Å². The second-order valence-electron chi connectivity index (χ2n) is 5.36. The van der Waals surface area contributed by atoms with Crippen LogP contribution in [-0.4, -0.2) is 36.0 Å². The highest BCUT2D eigenvalue weighted by atomic mass is 16.6. The van der Waals surface area contributed by atoms with Crippen LogP contribution in [0.3, 0.4) is 0 Å². The smallest absolute Gasteiger partial charge is 0.306 e. The molecule has 1 amide bonds. The van der Waals surface area contributed by atoms with E-state index in [9.17, 15) is 9.59 Å². The zero-order valence-electron chi connectivity index (χ0n) is 12.0. The number of hydrogen-bond acceptors (Lipinski definition) is 3. The summed E-state index contributed by atoms with van der Waals surface area (Å²) in [7, 11) is 1.75. The number of likely N-dealkylation sites (N-methyl/N-ethyl adjacent to an activating group) is 1. The van der Waals surface area contributed by atoms with Crippen molar-refractivity contribution in [3.05, 3.63) is 12.7 Å². The van der Waals surface area contributed by atoms with Gasteiger partial charge in [-0.05, 0) is 39.7 Å². The van der Waals surface area contributed by atoms with Crippen LogP contribution < -0.4 is 0 Å². The van der Waals surface area contributed by atoms with Gasteiger partial charge in [0.25, 0.3) is 0 Å². The lowest BCUT2D eigenvalue weighted by molar-refractivity contribution is -0.155. The third-order valence-electron chi connectivity index (χ3n) is 2.35. The fourth-order valence-electron chi connectivity index (χ4n) is 1.45. The van der Waals surface area contributed by atoms with Gasteiger partial charge in [-0.3, -0.25) is 9.59 Å². The summed E-state index contributed by atoms with van der Waals surface area (Å²) in [5, 5.41) is 0. The third kappa shape index (κ3) is 8.79. The quantitative estimate of drug-likeness (QED) is 0.399. The molecule has 0 aliphatic rings. The average molecular weight is 255 g/mol. The van der Waals surface area contributed by atoms with Crippen LogP contribution >= 0.6 is 0 Å². The summed E-state index contributed by atoms with van der Waals surface area (Å²) in [6.07, 6.45) is 4.34. The van der Waals surface area contributed by atoms with Gasteiger partial charge in [0.15, 0.2) is 0 Å². The molecule has 0 radical (unpaired) electrons. The first-order chi connectivity index (χ1) is 8.26. The highest BCUT2D eigenvalue weighted by Crippen LogP contribution is 2.10. The first-order valence-electron chi connectivity index (χ1n) is 6.35. The van der Waals surface area contributed by atoms with Crippen LogP contribution in [0.2, 0.25) is 0 Å². The monoisotopic (exact) mass is 255 g/mol. The van der Waals surface area contributed by atoms with E-state index in [0.29, 0.717) is 13.0 Å². The summed E-state index contributed by atoms with van der Waals surface area (Å²) in [6.45, 7) is 9.71. The predicted octanol–water partition coefficient (Wildman–Crippen LogP) is 2.53. The molecule has 0 aromatic heterocycles. The largest absolute Gasteiger partial charge is 0.460 e. The van der Waals surface area contributed by atoms with Crippen molar-refractivity contribution in [2.24, 2.45) is 0 Å². The van der Waals surface area contributed by atoms with Crippen molar-refractivity contribution in [3.8, 4) is 0 Å². The molecule has 0 fully saturated rings. The van der Waals surface area contributed by atoms with Crippen LogP contribution in [0.4, 0.5) is 0 Å². The number of carbonyl (C=O) groups is 2. The maximum atomic E-state index is 11.4. The van der Waals surface area contributed by atoms with Crippen molar-refractivity contribution < 1.29 is 14.3 Å². The molecule has 0 unspecified atom stereocenters. The molecule has 0 aliphatic heterocycles. The summed E-state index contributed by atoms with van der Waals surface area (Å²) < 4.78 is 5.20. The highest BCUT2D eigenvalue weighted by Gasteiger charge is 2.15. The van der Waals surface area contributed by atoms with E-state index in [0.717, 1.165) is 19.3 Å². The van der Waals surface area contributed by atoms with Gasteiger partial charge in [0.1, 0.15) is 5.60 Å². The van der Waals surface area contributed by atoms with Gasteiger partial charge >= 0.3 is 5.97 Å². The molecule has 4 nitrogen and oxygen atoms in total. The number of amides is 1. The SMILES string of the molecule is C=CC(=O)N(C)CCCCCC(=O)OC(C)(C)C. The molecule has 0 heterocycles. The number of rotatable bonds is 7. The van der Waals surface area contributed by atoms with Crippen molar-refractivity contribution >= 4 is 11.9 Å². The van der Waals surface area contributed by atoms with E-state index >= 15 is 0 Å². The lowest BCUT2D eigenvalue weighted by atomic mass is 10.1. The highest BCUT2D eigenvalue weighted by molar-refractivity contribution is 5.86. The summed E-state index contributed by atoms with van der Waals surface area (Å²) in [5.41, 5.74) is -0.409. The second-order valence-corrected chi connectivity index (χ2v) is 5.36. The van der Waals surface area contributed by atoms with Crippen molar-refractivity contribution in [3.63, 3.8) is 0 Å². The van der Waals surface area contributed by atoms with Crippen LogP contribution in [-0.2, 0) is 14.3 Å². The van der Waals surface area contributed by atoms with Gasteiger partial charge in [-0.15, -0.1) is 0 Å². The third-order valence-corrected chi connectivity index (χ3v) is 2.35. The number of unbranched alkanes of at least 4 members (excludes halogenated alkanes) is 2. The van der Waals surface area contributed by atoms with Gasteiger partial charge in [-0.1, -0.05) is 13.0 Å². The second kappa shape index (κ2) is 7.90. The molecule has 0 aromatic carbocycles. The Hall–Kier alpha value is -1.32. The zero-order chi connectivity index (χ0) is 14.2. The van der Waals surface area contributed by atoms with Crippen molar-refractivity contribution in [2.45, 2.75) is 52.1 Å². The molecule has 0 N–H and O–H groups in total. The van der Waals surface area contributed by atoms with Gasteiger partial charge in [0.05, 0.1) is 0 Å². The van der Waals surface area contributed by atoms with Crippen LogP contribution in [0.15, 0.2) is 12.7 Å². The van der Waals surface area contributed by atoms with Crippen molar-refractivity contribution in [1.29, 1.82) is 0 Å². The van der Waals surface area contributed by atoms with E-state index in [-0.39, 0.29) is 11.9 Å². The molecule has 0 rings (SSSR count). The van der Waals surface area contributed by atoms with E-state index in [2.05, 4.69) is 6.58 Å². The molecule has 104 valence electrons. The Labute approximate surface area is 110 Å². The molecule has 0 spiro atoms. The number of hydrogen-bond donors (Lipinski definition) is 0. The van der Waals surface area contributed by atoms with Crippen LogP contribution in [0.25, 0.3) is 0 Å². The van der Waals surface area contributed by atoms with Crippen LogP contribution in [0.5, 0.6) is 0 Å². The summed E-state index contributed by atoms with van der Waals surface area (Å²) >= 11 is 0. The Morgan fingerprint density at radius 1 is 1.22 bits per heavy atom. The number of ether oxygens (including phenoxy) is 1. The number of nitrogens with zero attached hydrogens (tertiary/aromatic N) is 1. The van der Waals surface area contributed by atoms with E-state index in [1.807, 2.05) is 20.8 Å². The number of carbonyl (C=O) groups excluding carboxylic acids is 2.